The summed E-state index contributed by atoms with van der Waals surface area (Å²) in [6.07, 6.45) is 1.95. The third-order valence-corrected chi connectivity index (χ3v) is 12.9. The minimum atomic E-state index is -2.16. The topological polar surface area (TPSA) is 0 Å². The van der Waals surface area contributed by atoms with E-state index < -0.39 is 50.1 Å². The average molecular weight is 637 g/mol. The van der Waals surface area contributed by atoms with Crippen molar-refractivity contribution in [1.82, 2.24) is 0 Å². The number of halogens is 5. The molecule has 0 N–H and O–H groups in total. The zero-order chi connectivity index (χ0) is 32.2. The normalized spacial score (nSPS) is 14.5. The Morgan fingerprint density at radius 1 is 0.543 bits per heavy atom. The van der Waals surface area contributed by atoms with Gasteiger partial charge in [-0.05, 0) is 87.8 Å². The summed E-state index contributed by atoms with van der Waals surface area (Å²) in [5, 5.41) is 1.74. The average Bonchev–Trinajstić information content (AvgIpc) is 3.08. The Kier molecular flexibility index (Phi) is 7.36. The van der Waals surface area contributed by atoms with Gasteiger partial charge in [0, 0.05) is 19.6 Å². The van der Waals surface area contributed by atoms with Crippen molar-refractivity contribution < 1.29 is 22.0 Å². The molecule has 1 aliphatic rings. The number of allylic oxidation sites excluding steroid dienone is 1. The van der Waals surface area contributed by atoms with Gasteiger partial charge in [0.25, 0.3) is 0 Å². The van der Waals surface area contributed by atoms with E-state index in [4.69, 9.17) is 0 Å². The Bertz CT molecular complexity index is 2010. The molecule has 0 aliphatic heterocycles. The molecule has 0 fully saturated rings. The lowest BCUT2D eigenvalue weighted by molar-refractivity contribution is 0.372. The van der Waals surface area contributed by atoms with E-state index in [1.165, 1.54) is 0 Å². The number of rotatable bonds is 5. The van der Waals surface area contributed by atoms with Crippen LogP contribution in [0.4, 0.5) is 22.0 Å². The van der Waals surface area contributed by atoms with Crippen LogP contribution in [0.3, 0.4) is 0 Å². The van der Waals surface area contributed by atoms with E-state index in [1.54, 1.807) is 19.9 Å². The van der Waals surface area contributed by atoms with Crippen molar-refractivity contribution in [3.05, 3.63) is 167 Å². The van der Waals surface area contributed by atoms with Gasteiger partial charge in [0.2, 0.25) is 5.82 Å². The fourth-order valence-electron chi connectivity index (χ4n) is 6.80. The molecule has 0 amide bonds. The van der Waals surface area contributed by atoms with Gasteiger partial charge < -0.3 is 0 Å². The van der Waals surface area contributed by atoms with Gasteiger partial charge in [-0.25, -0.2) is 22.0 Å². The standard InChI is InChI=1S/C40H29F5S/c1-40(2)24-31-30(23-32(40)34-35(41)37(43)39(45)38(44)36(34)42)29-21-13-12-14-25(29)22-33(31)46(26-15-6-3-7-16-26,27-17-8-4-9-18-27)28-19-10-5-11-20-28/h3-23H,24H2,1-2H3. The molecule has 0 radical (unpaired) electrons. The van der Waals surface area contributed by atoms with Crippen LogP contribution in [-0.4, -0.2) is 0 Å². The predicted octanol–water partition coefficient (Wildman–Crippen LogP) is 12.0. The first-order chi connectivity index (χ1) is 22.2. The van der Waals surface area contributed by atoms with Crippen molar-refractivity contribution in [2.75, 3.05) is 0 Å². The molecule has 0 bridgehead atoms. The Morgan fingerprint density at radius 2 is 0.978 bits per heavy atom. The Labute approximate surface area is 266 Å². The maximum Gasteiger partial charge on any atom is 0.200 e. The molecule has 230 valence electrons. The van der Waals surface area contributed by atoms with Crippen LogP contribution in [0.15, 0.2) is 141 Å². The van der Waals surface area contributed by atoms with E-state index in [1.807, 2.05) is 78.9 Å². The van der Waals surface area contributed by atoms with Crippen LogP contribution in [0.2, 0.25) is 0 Å². The molecular formula is C40H29F5S. The van der Waals surface area contributed by atoms with Gasteiger partial charge in [-0.3, -0.25) is 0 Å². The van der Waals surface area contributed by atoms with Crippen molar-refractivity contribution in [1.29, 1.82) is 0 Å². The molecule has 0 atom stereocenters. The second-order valence-electron chi connectivity index (χ2n) is 12.1. The Balaban J connectivity index is 1.66. The number of hydrogen-bond donors (Lipinski definition) is 0. The third kappa shape index (κ3) is 4.50. The molecule has 0 nitrogen and oxygen atoms in total. The van der Waals surface area contributed by atoms with Crippen molar-refractivity contribution in [3.8, 4) is 0 Å². The van der Waals surface area contributed by atoms with Crippen LogP contribution in [0.1, 0.15) is 30.5 Å². The molecule has 0 heterocycles. The molecule has 0 saturated carbocycles. The summed E-state index contributed by atoms with van der Waals surface area (Å²) >= 11 is 0. The van der Waals surface area contributed by atoms with Crippen LogP contribution in [0, 0.1) is 34.5 Å². The fourth-order valence-corrected chi connectivity index (χ4v) is 10.9. The smallest absolute Gasteiger partial charge is 0.200 e. The fraction of sp³-hybridized carbons (Fsp3) is 0.100. The van der Waals surface area contributed by atoms with Crippen LogP contribution in [-0.2, 0) is 6.42 Å². The molecular weight excluding hydrogens is 607 g/mol. The lowest BCUT2D eigenvalue weighted by atomic mass is 9.70. The third-order valence-electron chi connectivity index (χ3n) is 8.90. The van der Waals surface area contributed by atoms with Crippen LogP contribution >= 0.6 is 10.0 Å². The summed E-state index contributed by atoms with van der Waals surface area (Å²) in [7, 11) is -2.16. The van der Waals surface area contributed by atoms with Crippen molar-refractivity contribution in [2.45, 2.75) is 39.9 Å². The lowest BCUT2D eigenvalue weighted by Crippen LogP contribution is -2.25. The second-order valence-corrected chi connectivity index (χ2v) is 15.2. The van der Waals surface area contributed by atoms with Crippen LogP contribution in [0.5, 0.6) is 0 Å². The van der Waals surface area contributed by atoms with E-state index in [0.29, 0.717) is 12.0 Å². The largest absolute Gasteiger partial charge is 0.203 e. The van der Waals surface area contributed by atoms with Crippen LogP contribution in [0.25, 0.3) is 22.4 Å². The van der Waals surface area contributed by atoms with Gasteiger partial charge in [0.1, 0.15) is 0 Å². The first kappa shape index (κ1) is 30.0. The summed E-state index contributed by atoms with van der Waals surface area (Å²) in [5.74, 6) is -9.70. The number of fused-ring (bicyclic) bond motifs is 3. The lowest BCUT2D eigenvalue weighted by Gasteiger charge is -2.45. The van der Waals surface area contributed by atoms with Crippen molar-refractivity contribution in [3.63, 3.8) is 0 Å². The first-order valence-electron chi connectivity index (χ1n) is 14.9. The molecule has 7 rings (SSSR count). The molecule has 46 heavy (non-hydrogen) atoms. The molecule has 0 spiro atoms. The summed E-state index contributed by atoms with van der Waals surface area (Å²) < 4.78 is 74.0. The zero-order valence-corrected chi connectivity index (χ0v) is 25.9. The highest BCUT2D eigenvalue weighted by molar-refractivity contribution is 8.34. The molecule has 1 aliphatic carbocycles. The van der Waals surface area contributed by atoms with Crippen molar-refractivity contribution >= 4 is 32.4 Å². The van der Waals surface area contributed by atoms with E-state index in [2.05, 4.69) is 42.5 Å². The molecule has 0 unspecified atom stereocenters. The van der Waals surface area contributed by atoms with E-state index >= 15 is 8.78 Å². The minimum Gasteiger partial charge on any atom is -0.203 e. The number of benzene rings is 6. The molecule has 6 aromatic rings. The zero-order valence-electron chi connectivity index (χ0n) is 25.1. The van der Waals surface area contributed by atoms with Gasteiger partial charge in [0.05, 0.1) is 5.56 Å². The maximum atomic E-state index is 15.4. The minimum absolute atomic E-state index is 0.0647. The second kappa shape index (κ2) is 11.3. The summed E-state index contributed by atoms with van der Waals surface area (Å²) in [4.78, 5) is 4.39. The molecule has 0 aromatic heterocycles. The van der Waals surface area contributed by atoms with E-state index in [-0.39, 0.29) is 5.57 Å². The van der Waals surface area contributed by atoms with Gasteiger partial charge in [-0.15, -0.1) is 10.0 Å². The van der Waals surface area contributed by atoms with Gasteiger partial charge >= 0.3 is 0 Å². The Hall–Kier alpha value is -4.68. The SMILES string of the molecule is CC1(C)Cc2c(S(c3ccccc3)(c3ccccc3)c3ccccc3)cc3ccccc3c2C=C1c1c(F)c(F)c(F)c(F)c1F. The molecule has 6 heteroatoms. The summed E-state index contributed by atoms with van der Waals surface area (Å²) in [6, 6.07) is 41.0. The van der Waals surface area contributed by atoms with Gasteiger partial charge in [-0.1, -0.05) is 92.7 Å². The highest BCUT2D eigenvalue weighted by Gasteiger charge is 2.41. The summed E-state index contributed by atoms with van der Waals surface area (Å²) in [5.41, 5.74) is -0.129. The Morgan fingerprint density at radius 3 is 1.48 bits per heavy atom. The predicted molar refractivity (Wildman–Crippen MR) is 176 cm³/mol. The van der Waals surface area contributed by atoms with E-state index in [0.717, 1.165) is 35.9 Å². The quantitative estimate of drug-likeness (QED) is 0.100. The highest BCUT2D eigenvalue weighted by atomic mass is 32.3. The van der Waals surface area contributed by atoms with Gasteiger partial charge in [0.15, 0.2) is 23.3 Å². The number of hydrogen-bond acceptors (Lipinski definition) is 0. The summed E-state index contributed by atoms with van der Waals surface area (Å²) in [6.45, 7) is 3.59. The van der Waals surface area contributed by atoms with Crippen molar-refractivity contribution in [2.24, 2.45) is 5.41 Å². The molecule has 0 saturated heterocycles. The monoisotopic (exact) mass is 636 g/mol. The highest BCUT2D eigenvalue weighted by Crippen LogP contribution is 2.75. The van der Waals surface area contributed by atoms with Gasteiger partial charge in [-0.2, -0.15) is 0 Å². The first-order valence-corrected chi connectivity index (χ1v) is 16.6. The maximum absolute atomic E-state index is 15.4. The van der Waals surface area contributed by atoms with Crippen LogP contribution < -0.4 is 0 Å². The molecule has 6 aromatic carbocycles. The van der Waals surface area contributed by atoms with E-state index in [9.17, 15) is 13.2 Å².